The van der Waals surface area contributed by atoms with Crippen molar-refractivity contribution in [2.45, 2.75) is 71.4 Å². The summed E-state index contributed by atoms with van der Waals surface area (Å²) in [6.07, 6.45) is 8.30. The standard InChI is InChI=1S/C12H25N/c1-4-7-12(5-2)13-10(3)11-8-6-9-11/h10-13H,4-9H2,1-3H3. The predicted molar refractivity (Wildman–Crippen MR) is 58.9 cm³/mol. The summed E-state index contributed by atoms with van der Waals surface area (Å²) < 4.78 is 0. The highest BCUT2D eigenvalue weighted by atomic mass is 14.9. The third-order valence-electron chi connectivity index (χ3n) is 3.49. The summed E-state index contributed by atoms with van der Waals surface area (Å²) in [6, 6.07) is 1.52. The van der Waals surface area contributed by atoms with E-state index in [2.05, 4.69) is 26.1 Å². The zero-order valence-corrected chi connectivity index (χ0v) is 9.47. The van der Waals surface area contributed by atoms with Crippen molar-refractivity contribution in [2.75, 3.05) is 0 Å². The smallest absolute Gasteiger partial charge is 0.00695 e. The molecule has 0 heterocycles. The third-order valence-corrected chi connectivity index (χ3v) is 3.49. The Balaban J connectivity index is 2.18. The first-order valence-electron chi connectivity index (χ1n) is 6.04. The normalized spacial score (nSPS) is 22.4. The molecule has 0 aromatic rings. The first-order chi connectivity index (χ1) is 6.27. The van der Waals surface area contributed by atoms with Gasteiger partial charge in [-0.15, -0.1) is 0 Å². The van der Waals surface area contributed by atoms with Gasteiger partial charge in [0.1, 0.15) is 0 Å². The van der Waals surface area contributed by atoms with Gasteiger partial charge in [-0.1, -0.05) is 26.7 Å². The number of rotatable bonds is 6. The van der Waals surface area contributed by atoms with E-state index in [1.807, 2.05) is 0 Å². The van der Waals surface area contributed by atoms with Crippen LogP contribution in [0.4, 0.5) is 0 Å². The molecule has 1 saturated carbocycles. The lowest BCUT2D eigenvalue weighted by atomic mass is 9.80. The van der Waals surface area contributed by atoms with Crippen molar-refractivity contribution in [1.29, 1.82) is 0 Å². The molecule has 0 radical (unpaired) electrons. The molecule has 0 aromatic carbocycles. The van der Waals surface area contributed by atoms with Crippen LogP contribution in [0.2, 0.25) is 0 Å². The Morgan fingerprint density at radius 1 is 1.31 bits per heavy atom. The summed E-state index contributed by atoms with van der Waals surface area (Å²) >= 11 is 0. The highest BCUT2D eigenvalue weighted by Crippen LogP contribution is 2.29. The monoisotopic (exact) mass is 183 g/mol. The molecule has 13 heavy (non-hydrogen) atoms. The minimum absolute atomic E-state index is 0.755. The lowest BCUT2D eigenvalue weighted by Crippen LogP contribution is -2.42. The van der Waals surface area contributed by atoms with Crippen LogP contribution < -0.4 is 5.32 Å². The molecule has 2 atom stereocenters. The largest absolute Gasteiger partial charge is 0.311 e. The second-order valence-corrected chi connectivity index (χ2v) is 4.54. The van der Waals surface area contributed by atoms with E-state index in [0.717, 1.165) is 18.0 Å². The molecule has 1 nitrogen and oxygen atoms in total. The molecule has 1 heteroatoms. The molecule has 0 aromatic heterocycles. The van der Waals surface area contributed by atoms with Crippen LogP contribution >= 0.6 is 0 Å². The van der Waals surface area contributed by atoms with E-state index < -0.39 is 0 Å². The maximum Gasteiger partial charge on any atom is 0.00695 e. The van der Waals surface area contributed by atoms with Crippen LogP contribution in [0.5, 0.6) is 0 Å². The molecule has 0 saturated heterocycles. The Labute approximate surface area is 83.3 Å². The van der Waals surface area contributed by atoms with Crippen molar-refractivity contribution >= 4 is 0 Å². The van der Waals surface area contributed by atoms with E-state index in [1.165, 1.54) is 38.5 Å². The van der Waals surface area contributed by atoms with Gasteiger partial charge < -0.3 is 5.32 Å². The van der Waals surface area contributed by atoms with Gasteiger partial charge in [-0.25, -0.2) is 0 Å². The summed E-state index contributed by atoms with van der Waals surface area (Å²) in [7, 11) is 0. The molecule has 0 amide bonds. The maximum absolute atomic E-state index is 3.77. The van der Waals surface area contributed by atoms with Crippen molar-refractivity contribution in [3.63, 3.8) is 0 Å². The van der Waals surface area contributed by atoms with E-state index in [9.17, 15) is 0 Å². The van der Waals surface area contributed by atoms with Crippen LogP contribution in [0.25, 0.3) is 0 Å². The lowest BCUT2D eigenvalue weighted by molar-refractivity contribution is 0.221. The predicted octanol–water partition coefficient (Wildman–Crippen LogP) is 3.34. The molecule has 1 rings (SSSR count). The highest BCUT2D eigenvalue weighted by Gasteiger charge is 2.24. The topological polar surface area (TPSA) is 12.0 Å². The zero-order valence-electron chi connectivity index (χ0n) is 9.47. The van der Waals surface area contributed by atoms with Gasteiger partial charge in [0.15, 0.2) is 0 Å². The molecule has 2 unspecified atom stereocenters. The van der Waals surface area contributed by atoms with Crippen molar-refractivity contribution in [1.82, 2.24) is 5.32 Å². The van der Waals surface area contributed by atoms with Gasteiger partial charge in [0.25, 0.3) is 0 Å². The SMILES string of the molecule is CCCC(CC)NC(C)C1CCC1. The van der Waals surface area contributed by atoms with Gasteiger partial charge in [0, 0.05) is 12.1 Å². The Hall–Kier alpha value is -0.0400. The Morgan fingerprint density at radius 2 is 2.00 bits per heavy atom. The first kappa shape index (κ1) is 11.0. The van der Waals surface area contributed by atoms with Gasteiger partial charge in [-0.3, -0.25) is 0 Å². The van der Waals surface area contributed by atoms with Crippen LogP contribution in [0.1, 0.15) is 59.3 Å². The van der Waals surface area contributed by atoms with E-state index in [-0.39, 0.29) is 0 Å². The maximum atomic E-state index is 3.77. The van der Waals surface area contributed by atoms with Crippen molar-refractivity contribution in [3.8, 4) is 0 Å². The number of nitrogens with one attached hydrogen (secondary N) is 1. The molecular weight excluding hydrogens is 158 g/mol. The summed E-state index contributed by atoms with van der Waals surface area (Å²) in [4.78, 5) is 0. The molecule has 1 aliphatic carbocycles. The van der Waals surface area contributed by atoms with Gasteiger partial charge >= 0.3 is 0 Å². The molecule has 0 spiro atoms. The third kappa shape index (κ3) is 3.30. The molecule has 0 aliphatic heterocycles. The van der Waals surface area contributed by atoms with Gasteiger partial charge in [0.2, 0.25) is 0 Å². The first-order valence-corrected chi connectivity index (χ1v) is 6.04. The second-order valence-electron chi connectivity index (χ2n) is 4.54. The molecule has 0 bridgehead atoms. The van der Waals surface area contributed by atoms with E-state index in [4.69, 9.17) is 0 Å². The average Bonchev–Trinajstić information content (AvgIpc) is 2.00. The molecule has 1 fully saturated rings. The summed E-state index contributed by atoms with van der Waals surface area (Å²) in [5.74, 6) is 0.978. The summed E-state index contributed by atoms with van der Waals surface area (Å²) in [5, 5.41) is 3.77. The fourth-order valence-corrected chi connectivity index (χ4v) is 2.20. The minimum atomic E-state index is 0.755. The summed E-state index contributed by atoms with van der Waals surface area (Å²) in [6.45, 7) is 6.93. The number of hydrogen-bond donors (Lipinski definition) is 1. The van der Waals surface area contributed by atoms with Crippen LogP contribution in [-0.2, 0) is 0 Å². The van der Waals surface area contributed by atoms with E-state index >= 15 is 0 Å². The van der Waals surface area contributed by atoms with Crippen molar-refractivity contribution in [3.05, 3.63) is 0 Å². The quantitative estimate of drug-likeness (QED) is 0.666. The molecular formula is C12H25N. The fraction of sp³-hybridized carbons (Fsp3) is 1.00. The van der Waals surface area contributed by atoms with E-state index in [1.54, 1.807) is 0 Å². The van der Waals surface area contributed by atoms with Gasteiger partial charge in [-0.05, 0) is 38.5 Å². The Kier molecular flexibility index (Phi) is 4.79. The molecule has 78 valence electrons. The van der Waals surface area contributed by atoms with Gasteiger partial charge in [-0.2, -0.15) is 0 Å². The lowest BCUT2D eigenvalue weighted by Gasteiger charge is -2.34. The highest BCUT2D eigenvalue weighted by molar-refractivity contribution is 4.81. The second kappa shape index (κ2) is 5.64. The Morgan fingerprint density at radius 3 is 2.38 bits per heavy atom. The van der Waals surface area contributed by atoms with Crippen LogP contribution in [-0.4, -0.2) is 12.1 Å². The van der Waals surface area contributed by atoms with E-state index in [0.29, 0.717) is 0 Å². The number of hydrogen-bond acceptors (Lipinski definition) is 1. The summed E-state index contributed by atoms with van der Waals surface area (Å²) in [5.41, 5.74) is 0. The average molecular weight is 183 g/mol. The Bertz CT molecular complexity index is 129. The fourth-order valence-electron chi connectivity index (χ4n) is 2.20. The van der Waals surface area contributed by atoms with Gasteiger partial charge in [0.05, 0.1) is 0 Å². The van der Waals surface area contributed by atoms with Crippen molar-refractivity contribution < 1.29 is 0 Å². The molecule has 1 N–H and O–H groups in total. The zero-order chi connectivity index (χ0) is 9.68. The van der Waals surface area contributed by atoms with Crippen LogP contribution in [0.3, 0.4) is 0 Å². The minimum Gasteiger partial charge on any atom is -0.311 e. The van der Waals surface area contributed by atoms with Crippen LogP contribution in [0, 0.1) is 5.92 Å². The van der Waals surface area contributed by atoms with Crippen molar-refractivity contribution in [2.24, 2.45) is 5.92 Å². The van der Waals surface area contributed by atoms with Crippen LogP contribution in [0.15, 0.2) is 0 Å². The molecule has 1 aliphatic rings.